The van der Waals surface area contributed by atoms with Gasteiger partial charge in [-0.05, 0) is 12.5 Å². The standard InChI is InChI=1S/C8H11O3P.C4H10O2S/c1-7-2-4-8(5-3-7)6-12(9,10)11;1-3-7(5,6)4-2/h2-5H,6H2,1H3,(H2,9,10,11);3-4H2,1-2H3. The van der Waals surface area contributed by atoms with Crippen molar-refractivity contribution in [1.29, 1.82) is 0 Å². The number of sulfone groups is 1. The highest BCUT2D eigenvalue weighted by molar-refractivity contribution is 7.91. The molecule has 1 rings (SSSR count). The van der Waals surface area contributed by atoms with Crippen molar-refractivity contribution in [2.75, 3.05) is 11.5 Å². The quantitative estimate of drug-likeness (QED) is 0.831. The van der Waals surface area contributed by atoms with Crippen molar-refractivity contribution in [2.45, 2.75) is 26.9 Å². The van der Waals surface area contributed by atoms with Crippen LogP contribution in [0.25, 0.3) is 0 Å². The molecule has 110 valence electrons. The van der Waals surface area contributed by atoms with Crippen molar-refractivity contribution in [2.24, 2.45) is 0 Å². The van der Waals surface area contributed by atoms with Crippen LogP contribution >= 0.6 is 7.60 Å². The summed E-state index contributed by atoms with van der Waals surface area (Å²) in [6, 6.07) is 7.14. The molecule has 1 aromatic carbocycles. The van der Waals surface area contributed by atoms with Gasteiger partial charge in [0.2, 0.25) is 0 Å². The van der Waals surface area contributed by atoms with Gasteiger partial charge in [0.15, 0.2) is 0 Å². The molecule has 0 heterocycles. The van der Waals surface area contributed by atoms with Gasteiger partial charge in [-0.2, -0.15) is 0 Å². The zero-order chi connectivity index (χ0) is 15.1. The normalized spacial score (nSPS) is 11.6. The van der Waals surface area contributed by atoms with E-state index >= 15 is 0 Å². The van der Waals surface area contributed by atoms with Gasteiger partial charge < -0.3 is 9.79 Å². The van der Waals surface area contributed by atoms with Gasteiger partial charge in [-0.3, -0.25) is 4.57 Å². The first-order chi connectivity index (χ1) is 8.59. The van der Waals surface area contributed by atoms with E-state index in [1.165, 1.54) is 0 Å². The maximum Gasteiger partial charge on any atom is 0.329 e. The van der Waals surface area contributed by atoms with Gasteiger partial charge in [-0.15, -0.1) is 0 Å². The Morgan fingerprint density at radius 1 is 1.05 bits per heavy atom. The molecule has 1 aromatic rings. The van der Waals surface area contributed by atoms with Gasteiger partial charge in [0.25, 0.3) is 0 Å². The predicted octanol–water partition coefficient (Wildman–Crippen LogP) is 2.11. The molecule has 0 fully saturated rings. The molecule has 0 amide bonds. The summed E-state index contributed by atoms with van der Waals surface area (Å²) in [5.74, 6) is 0.535. The largest absolute Gasteiger partial charge is 0.329 e. The Bertz CT molecular complexity index is 506. The minimum Gasteiger partial charge on any atom is -0.324 e. The van der Waals surface area contributed by atoms with E-state index < -0.39 is 17.4 Å². The zero-order valence-electron chi connectivity index (χ0n) is 11.4. The van der Waals surface area contributed by atoms with Gasteiger partial charge in [-0.25, -0.2) is 8.42 Å². The molecule has 0 aliphatic carbocycles. The summed E-state index contributed by atoms with van der Waals surface area (Å²) in [7, 11) is -6.56. The number of hydrogen-bond acceptors (Lipinski definition) is 3. The van der Waals surface area contributed by atoms with E-state index in [-0.39, 0.29) is 17.7 Å². The highest BCUT2D eigenvalue weighted by atomic mass is 32.2. The van der Waals surface area contributed by atoms with Gasteiger partial charge in [0.05, 0.1) is 6.16 Å². The van der Waals surface area contributed by atoms with Crippen molar-refractivity contribution in [3.8, 4) is 0 Å². The lowest BCUT2D eigenvalue weighted by Crippen LogP contribution is -2.04. The maximum atomic E-state index is 10.6. The van der Waals surface area contributed by atoms with Crippen LogP contribution in [0.15, 0.2) is 24.3 Å². The van der Waals surface area contributed by atoms with Crippen LogP contribution in [0, 0.1) is 6.92 Å². The first-order valence-corrected chi connectivity index (χ1v) is 9.52. The average molecular weight is 308 g/mol. The molecule has 0 aliphatic rings. The molecule has 0 aromatic heterocycles. The van der Waals surface area contributed by atoms with Crippen molar-refractivity contribution < 1.29 is 22.8 Å². The van der Waals surface area contributed by atoms with E-state index in [0.717, 1.165) is 5.56 Å². The molecule has 0 saturated heterocycles. The molecule has 0 aliphatic heterocycles. The van der Waals surface area contributed by atoms with Crippen LogP contribution in [0.1, 0.15) is 25.0 Å². The van der Waals surface area contributed by atoms with Crippen molar-refractivity contribution in [3.63, 3.8) is 0 Å². The molecule has 5 nitrogen and oxygen atoms in total. The number of hydrogen-bond donors (Lipinski definition) is 2. The summed E-state index contributed by atoms with van der Waals surface area (Å²) in [6.45, 7) is 5.24. The highest BCUT2D eigenvalue weighted by Gasteiger charge is 2.12. The third-order valence-corrected chi connectivity index (χ3v) is 4.93. The average Bonchev–Trinajstić information content (AvgIpc) is 2.31. The Kier molecular flexibility index (Phi) is 7.52. The van der Waals surface area contributed by atoms with Crippen LogP contribution in [-0.4, -0.2) is 29.7 Å². The molecule has 0 bridgehead atoms. The van der Waals surface area contributed by atoms with Gasteiger partial charge in [0.1, 0.15) is 9.84 Å². The fourth-order valence-corrected chi connectivity index (χ4v) is 2.23. The summed E-state index contributed by atoms with van der Waals surface area (Å²) < 4.78 is 31.3. The molecule has 0 unspecified atom stereocenters. The smallest absolute Gasteiger partial charge is 0.324 e. The monoisotopic (exact) mass is 308 g/mol. The molecule has 19 heavy (non-hydrogen) atoms. The van der Waals surface area contributed by atoms with E-state index in [9.17, 15) is 13.0 Å². The van der Waals surface area contributed by atoms with Crippen LogP contribution in [-0.2, 0) is 20.6 Å². The van der Waals surface area contributed by atoms with Crippen LogP contribution in [0.2, 0.25) is 0 Å². The Morgan fingerprint density at radius 2 is 1.47 bits per heavy atom. The summed E-state index contributed by atoms with van der Waals surface area (Å²) in [5, 5.41) is 0. The predicted molar refractivity (Wildman–Crippen MR) is 76.9 cm³/mol. The van der Waals surface area contributed by atoms with E-state index in [2.05, 4.69) is 0 Å². The van der Waals surface area contributed by atoms with Crippen LogP contribution in [0.3, 0.4) is 0 Å². The van der Waals surface area contributed by atoms with Crippen molar-refractivity contribution in [1.82, 2.24) is 0 Å². The molecule has 0 radical (unpaired) electrons. The van der Waals surface area contributed by atoms with Gasteiger partial charge >= 0.3 is 7.60 Å². The molecule has 0 spiro atoms. The summed E-state index contributed by atoms with van der Waals surface area (Å²) in [4.78, 5) is 17.3. The minimum atomic E-state index is -3.90. The van der Waals surface area contributed by atoms with Crippen molar-refractivity contribution >= 4 is 17.4 Å². The third-order valence-electron chi connectivity index (χ3n) is 2.39. The Hall–Kier alpha value is -0.680. The Morgan fingerprint density at radius 3 is 1.74 bits per heavy atom. The maximum absolute atomic E-state index is 10.6. The summed E-state index contributed by atoms with van der Waals surface area (Å²) in [6.07, 6.45) is -0.173. The van der Waals surface area contributed by atoms with E-state index in [1.54, 1.807) is 26.0 Å². The second-order valence-corrected chi connectivity index (χ2v) is 8.42. The Balaban J connectivity index is 0.000000399. The first-order valence-electron chi connectivity index (χ1n) is 5.90. The van der Waals surface area contributed by atoms with Gasteiger partial charge in [0, 0.05) is 11.5 Å². The summed E-state index contributed by atoms with van der Waals surface area (Å²) in [5.41, 5.74) is 1.76. The molecular formula is C12H21O5PS. The van der Waals surface area contributed by atoms with Crippen molar-refractivity contribution in [3.05, 3.63) is 35.4 Å². The fraction of sp³-hybridized carbons (Fsp3) is 0.500. The number of aryl methyl sites for hydroxylation is 1. The van der Waals surface area contributed by atoms with E-state index in [4.69, 9.17) is 9.79 Å². The second-order valence-electron chi connectivity index (χ2n) is 4.13. The molecule has 0 saturated carbocycles. The second kappa shape index (κ2) is 7.80. The van der Waals surface area contributed by atoms with Crippen LogP contribution in [0.5, 0.6) is 0 Å². The molecule has 7 heteroatoms. The highest BCUT2D eigenvalue weighted by Crippen LogP contribution is 2.38. The number of benzene rings is 1. The Labute approximate surface area is 114 Å². The minimum absolute atomic E-state index is 0.173. The lowest BCUT2D eigenvalue weighted by Gasteiger charge is -2.03. The lowest BCUT2D eigenvalue weighted by molar-refractivity contribution is 0.371. The van der Waals surface area contributed by atoms with E-state index in [0.29, 0.717) is 5.56 Å². The summed E-state index contributed by atoms with van der Waals surface area (Å²) >= 11 is 0. The first kappa shape index (κ1) is 18.3. The van der Waals surface area contributed by atoms with E-state index in [1.807, 2.05) is 19.1 Å². The lowest BCUT2D eigenvalue weighted by atomic mass is 10.2. The fourth-order valence-electron chi connectivity index (χ4n) is 1.14. The molecule has 0 atom stereocenters. The molecule has 2 N–H and O–H groups in total. The molecular weight excluding hydrogens is 287 g/mol. The van der Waals surface area contributed by atoms with Crippen LogP contribution in [0.4, 0.5) is 0 Å². The third kappa shape index (κ3) is 9.85. The SMILES string of the molecule is CCS(=O)(=O)CC.Cc1ccc(CP(=O)(O)O)cc1. The zero-order valence-corrected chi connectivity index (χ0v) is 13.1. The number of rotatable bonds is 4. The topological polar surface area (TPSA) is 91.7 Å². The van der Waals surface area contributed by atoms with Gasteiger partial charge in [-0.1, -0.05) is 43.7 Å². The van der Waals surface area contributed by atoms with Crippen LogP contribution < -0.4 is 0 Å².